The van der Waals surface area contributed by atoms with E-state index in [0.29, 0.717) is 0 Å². The van der Waals surface area contributed by atoms with E-state index in [2.05, 4.69) is 0 Å². The van der Waals surface area contributed by atoms with Crippen molar-refractivity contribution in [3.63, 3.8) is 0 Å². The molecule has 0 atom stereocenters. The van der Waals surface area contributed by atoms with Crippen molar-refractivity contribution in [3.8, 4) is 6.07 Å². The maximum absolute atomic E-state index is 12.3. The Bertz CT molecular complexity index is 510. The zero-order chi connectivity index (χ0) is 13.4. The van der Waals surface area contributed by atoms with Gasteiger partial charge in [-0.3, -0.25) is 4.79 Å². The third kappa shape index (κ3) is 1.97. The van der Waals surface area contributed by atoms with Crippen LogP contribution in [0.15, 0.2) is 24.3 Å². The number of nitriles is 1. The van der Waals surface area contributed by atoms with E-state index in [1.165, 1.54) is 0 Å². The Hall–Kier alpha value is -1.87. The molecule has 2 rings (SSSR count). The van der Waals surface area contributed by atoms with Crippen LogP contribution in [0.1, 0.15) is 15.9 Å². The smallest absolute Gasteiger partial charge is 0.377 e. The second-order valence-electron chi connectivity index (χ2n) is 4.09. The summed E-state index contributed by atoms with van der Waals surface area (Å²) in [4.78, 5) is 12.0. The number of ether oxygens (including phenoxy) is 1. The first-order chi connectivity index (χ1) is 8.39. The van der Waals surface area contributed by atoms with Gasteiger partial charge in [-0.15, -0.1) is 0 Å². The van der Waals surface area contributed by atoms with Gasteiger partial charge in [-0.25, -0.2) is 0 Å². The summed E-state index contributed by atoms with van der Waals surface area (Å²) >= 11 is 0. The van der Waals surface area contributed by atoms with Crippen molar-refractivity contribution in [2.24, 2.45) is 5.41 Å². The van der Waals surface area contributed by atoms with Gasteiger partial charge < -0.3 is 4.74 Å². The number of hydrogen-bond acceptors (Lipinski definition) is 3. The number of nitrogens with zero attached hydrogens (tertiary/aromatic N) is 1. The molecule has 6 heteroatoms. The van der Waals surface area contributed by atoms with Crippen LogP contribution in [0.25, 0.3) is 0 Å². The summed E-state index contributed by atoms with van der Waals surface area (Å²) in [5, 5.41) is 8.92. The molecular weight excluding hydrogens is 247 g/mol. The predicted molar refractivity (Wildman–Crippen MR) is 54.6 cm³/mol. The van der Waals surface area contributed by atoms with Crippen molar-refractivity contribution in [2.75, 3.05) is 13.2 Å². The van der Waals surface area contributed by atoms with Crippen molar-refractivity contribution < 1.29 is 22.7 Å². The monoisotopic (exact) mass is 255 g/mol. The standard InChI is InChI=1S/C12H8F3NO2/c13-12(14,15)9-3-1-8(2-4-9)10(17)11(5-16)6-18-7-11/h1-4H,6-7H2. The maximum atomic E-state index is 12.3. The average Bonchev–Trinajstić information content (AvgIpc) is 2.27. The van der Waals surface area contributed by atoms with Gasteiger partial charge in [0.1, 0.15) is 0 Å². The molecule has 0 unspecified atom stereocenters. The van der Waals surface area contributed by atoms with Crippen LogP contribution in [0.3, 0.4) is 0 Å². The van der Waals surface area contributed by atoms with E-state index in [1.807, 2.05) is 6.07 Å². The van der Waals surface area contributed by atoms with Crippen LogP contribution in [0.5, 0.6) is 0 Å². The summed E-state index contributed by atoms with van der Waals surface area (Å²) < 4.78 is 41.8. The second-order valence-corrected chi connectivity index (χ2v) is 4.09. The van der Waals surface area contributed by atoms with E-state index in [1.54, 1.807) is 0 Å². The van der Waals surface area contributed by atoms with Crippen LogP contribution >= 0.6 is 0 Å². The summed E-state index contributed by atoms with van der Waals surface area (Å²) in [5.41, 5.74) is -1.97. The Morgan fingerprint density at radius 2 is 1.83 bits per heavy atom. The Labute approximate surface area is 101 Å². The highest BCUT2D eigenvalue weighted by Gasteiger charge is 2.46. The molecule has 94 valence electrons. The van der Waals surface area contributed by atoms with E-state index in [-0.39, 0.29) is 18.8 Å². The number of benzene rings is 1. The lowest BCUT2D eigenvalue weighted by molar-refractivity contribution is -0.137. The van der Waals surface area contributed by atoms with Crippen molar-refractivity contribution in [3.05, 3.63) is 35.4 Å². The van der Waals surface area contributed by atoms with Crippen molar-refractivity contribution in [1.29, 1.82) is 5.26 Å². The minimum absolute atomic E-state index is 0.0106. The van der Waals surface area contributed by atoms with E-state index in [4.69, 9.17) is 10.00 Å². The van der Waals surface area contributed by atoms with E-state index in [9.17, 15) is 18.0 Å². The van der Waals surface area contributed by atoms with Gasteiger partial charge in [0.05, 0.1) is 24.8 Å². The van der Waals surface area contributed by atoms with E-state index < -0.39 is 22.9 Å². The molecule has 1 saturated heterocycles. The molecular formula is C12H8F3NO2. The number of Topliss-reactive ketones (excluding diaryl/α,β-unsaturated/α-hetero) is 1. The summed E-state index contributed by atoms with van der Waals surface area (Å²) in [6.45, 7) is -0.0211. The van der Waals surface area contributed by atoms with E-state index >= 15 is 0 Å². The van der Waals surface area contributed by atoms with E-state index in [0.717, 1.165) is 24.3 Å². The summed E-state index contributed by atoms with van der Waals surface area (Å²) in [5.74, 6) is -0.495. The summed E-state index contributed by atoms with van der Waals surface area (Å²) in [6, 6.07) is 5.70. The molecule has 1 heterocycles. The SMILES string of the molecule is N#CC1(C(=O)c2ccc(C(F)(F)F)cc2)COC1. The molecule has 0 amide bonds. The topological polar surface area (TPSA) is 50.1 Å². The summed E-state index contributed by atoms with van der Waals surface area (Å²) in [7, 11) is 0. The molecule has 1 fully saturated rings. The molecule has 1 aromatic rings. The number of carbonyl (C=O) groups excluding carboxylic acids is 1. The van der Waals surface area contributed by atoms with Gasteiger partial charge in [0.15, 0.2) is 11.2 Å². The molecule has 1 aliphatic rings. The van der Waals surface area contributed by atoms with Gasteiger partial charge in [-0.2, -0.15) is 18.4 Å². The highest BCUT2D eigenvalue weighted by Crippen LogP contribution is 2.33. The van der Waals surface area contributed by atoms with Crippen molar-refractivity contribution in [2.45, 2.75) is 6.18 Å². The molecule has 0 radical (unpaired) electrons. The fourth-order valence-corrected chi connectivity index (χ4v) is 1.64. The van der Waals surface area contributed by atoms with Gasteiger partial charge in [-0.1, -0.05) is 12.1 Å². The Kier molecular flexibility index (Phi) is 2.87. The lowest BCUT2D eigenvalue weighted by atomic mass is 9.80. The zero-order valence-corrected chi connectivity index (χ0v) is 9.12. The van der Waals surface area contributed by atoms with Crippen LogP contribution < -0.4 is 0 Å². The lowest BCUT2D eigenvalue weighted by Gasteiger charge is -2.33. The molecule has 3 nitrogen and oxygen atoms in total. The quantitative estimate of drug-likeness (QED) is 0.762. The Morgan fingerprint density at radius 1 is 1.28 bits per heavy atom. The van der Waals surface area contributed by atoms with Crippen molar-refractivity contribution in [1.82, 2.24) is 0 Å². The predicted octanol–water partition coefficient (Wildman–Crippen LogP) is 2.43. The number of carbonyl (C=O) groups is 1. The average molecular weight is 255 g/mol. The molecule has 0 bridgehead atoms. The van der Waals surface area contributed by atoms with Gasteiger partial charge in [-0.05, 0) is 12.1 Å². The van der Waals surface area contributed by atoms with Crippen LogP contribution in [-0.2, 0) is 10.9 Å². The van der Waals surface area contributed by atoms with Crippen LogP contribution in [0.4, 0.5) is 13.2 Å². The van der Waals surface area contributed by atoms with Gasteiger partial charge in [0.2, 0.25) is 0 Å². The number of hydrogen-bond donors (Lipinski definition) is 0. The highest BCUT2D eigenvalue weighted by atomic mass is 19.4. The zero-order valence-electron chi connectivity index (χ0n) is 9.12. The summed E-state index contributed by atoms with van der Waals surface area (Å²) in [6.07, 6.45) is -4.44. The molecule has 0 spiro atoms. The Morgan fingerprint density at radius 3 is 2.17 bits per heavy atom. The van der Waals surface area contributed by atoms with Crippen molar-refractivity contribution >= 4 is 5.78 Å². The molecule has 0 N–H and O–H groups in total. The molecule has 0 saturated carbocycles. The number of rotatable bonds is 2. The fraction of sp³-hybridized carbons (Fsp3) is 0.333. The number of alkyl halides is 3. The largest absolute Gasteiger partial charge is 0.416 e. The fourth-order valence-electron chi connectivity index (χ4n) is 1.64. The minimum Gasteiger partial charge on any atom is -0.377 e. The maximum Gasteiger partial charge on any atom is 0.416 e. The Balaban J connectivity index is 2.26. The molecule has 1 aromatic carbocycles. The molecule has 1 aliphatic heterocycles. The van der Waals surface area contributed by atoms with Crippen LogP contribution in [0, 0.1) is 16.7 Å². The first-order valence-corrected chi connectivity index (χ1v) is 5.10. The van der Waals surface area contributed by atoms with Crippen LogP contribution in [-0.4, -0.2) is 19.0 Å². The van der Waals surface area contributed by atoms with Gasteiger partial charge >= 0.3 is 6.18 Å². The number of halogens is 3. The molecule has 18 heavy (non-hydrogen) atoms. The van der Waals surface area contributed by atoms with Gasteiger partial charge in [0, 0.05) is 5.56 Å². The minimum atomic E-state index is -4.44. The third-order valence-corrected chi connectivity index (χ3v) is 2.82. The number of ketones is 1. The molecule has 0 aromatic heterocycles. The highest BCUT2D eigenvalue weighted by molar-refractivity contribution is 6.03. The molecule has 0 aliphatic carbocycles. The van der Waals surface area contributed by atoms with Gasteiger partial charge in [0.25, 0.3) is 0 Å². The second kappa shape index (κ2) is 4.10. The third-order valence-electron chi connectivity index (χ3n) is 2.82. The first kappa shape index (κ1) is 12.6. The van der Waals surface area contributed by atoms with Crippen LogP contribution in [0.2, 0.25) is 0 Å². The normalized spacial score (nSPS) is 17.7. The lowest BCUT2D eigenvalue weighted by Crippen LogP contribution is -2.47. The first-order valence-electron chi connectivity index (χ1n) is 5.10.